The molecule has 2 amide bonds. The highest BCUT2D eigenvalue weighted by Crippen LogP contribution is 2.07. The molecule has 9 heteroatoms. The number of piperidine rings is 1. The summed E-state index contributed by atoms with van der Waals surface area (Å²) < 4.78 is 5.42. The highest BCUT2D eigenvalue weighted by atomic mass is 32.1. The molecule has 25 heavy (non-hydrogen) atoms. The molecule has 1 aromatic rings. The van der Waals surface area contributed by atoms with Crippen molar-refractivity contribution >= 4 is 35.0 Å². The molecular weight excluding hydrogens is 344 g/mol. The van der Waals surface area contributed by atoms with Gasteiger partial charge < -0.3 is 25.7 Å². The van der Waals surface area contributed by atoms with Gasteiger partial charge in [-0.3, -0.25) is 14.4 Å². The predicted molar refractivity (Wildman–Crippen MR) is 94.5 cm³/mol. The van der Waals surface area contributed by atoms with Crippen molar-refractivity contribution in [1.82, 2.24) is 20.9 Å². The number of amides is 2. The van der Waals surface area contributed by atoms with Crippen molar-refractivity contribution in [1.29, 1.82) is 0 Å². The van der Waals surface area contributed by atoms with Crippen molar-refractivity contribution in [3.8, 4) is 0 Å². The van der Waals surface area contributed by atoms with Crippen molar-refractivity contribution in [3.05, 3.63) is 24.0 Å². The van der Waals surface area contributed by atoms with E-state index in [1.54, 1.807) is 6.20 Å². The molecule has 0 spiro atoms. The third-order valence-electron chi connectivity index (χ3n) is 3.82. The number of ketones is 1. The second-order valence-electron chi connectivity index (χ2n) is 6.11. The van der Waals surface area contributed by atoms with Gasteiger partial charge >= 0.3 is 0 Å². The van der Waals surface area contributed by atoms with Crippen LogP contribution in [0.3, 0.4) is 0 Å². The lowest BCUT2D eigenvalue weighted by atomic mass is 10.0. The summed E-state index contributed by atoms with van der Waals surface area (Å²) in [6, 6.07) is 2.22. The first-order valence-electron chi connectivity index (χ1n) is 8.06. The van der Waals surface area contributed by atoms with Crippen LogP contribution in [0.25, 0.3) is 0 Å². The molecule has 8 nitrogen and oxygen atoms in total. The van der Waals surface area contributed by atoms with E-state index >= 15 is 0 Å². The van der Waals surface area contributed by atoms with Crippen molar-refractivity contribution in [2.75, 3.05) is 6.54 Å². The fourth-order valence-corrected chi connectivity index (χ4v) is 2.60. The smallest absolute Gasteiger partial charge is 0.289 e. The second kappa shape index (κ2) is 8.61. The maximum absolute atomic E-state index is 12.5. The molecule has 0 aliphatic carbocycles. The number of hydrogen-bond donors (Lipinski definition) is 4. The van der Waals surface area contributed by atoms with Crippen LogP contribution in [-0.4, -0.2) is 46.4 Å². The number of ether oxygens (including phenoxy) is 1. The highest BCUT2D eigenvalue weighted by Gasteiger charge is 2.33. The Bertz CT molecular complexity index is 645. The van der Waals surface area contributed by atoms with Crippen molar-refractivity contribution in [2.24, 2.45) is 5.92 Å². The zero-order chi connectivity index (χ0) is 18.4. The minimum atomic E-state index is -0.808. The zero-order valence-corrected chi connectivity index (χ0v) is 14.9. The molecule has 2 rings (SSSR count). The number of carbonyl (C=O) groups is 3. The molecule has 1 aliphatic heterocycles. The number of carbonyl (C=O) groups excluding carboxylic acids is 3. The third kappa shape index (κ3) is 5.28. The summed E-state index contributed by atoms with van der Waals surface area (Å²) in [6.45, 7) is 4.31. The van der Waals surface area contributed by atoms with E-state index in [0.717, 1.165) is 5.69 Å². The van der Waals surface area contributed by atoms with Crippen LogP contribution in [0.5, 0.6) is 0 Å². The Hall–Kier alpha value is -2.42. The van der Waals surface area contributed by atoms with Gasteiger partial charge in [0.25, 0.3) is 11.1 Å². The zero-order valence-electron chi connectivity index (χ0n) is 14.1. The van der Waals surface area contributed by atoms with E-state index in [1.807, 2.05) is 26.0 Å². The Balaban J connectivity index is 1.90. The molecule has 4 N–H and O–H groups in total. The first kappa shape index (κ1) is 18.9. The quantitative estimate of drug-likeness (QED) is 0.417. The molecule has 2 unspecified atom stereocenters. The monoisotopic (exact) mass is 366 g/mol. The largest absolute Gasteiger partial charge is 0.465 e. The Morgan fingerprint density at radius 1 is 1.44 bits per heavy atom. The van der Waals surface area contributed by atoms with E-state index in [4.69, 9.17) is 17.0 Å². The number of Topliss-reactive ketones (excluding diaryl/α,β-unsaturated/α-hetero) is 1. The maximum Gasteiger partial charge on any atom is 0.289 e. The molecule has 0 radical (unpaired) electrons. The molecule has 1 aromatic heterocycles. The third-order valence-corrected chi connectivity index (χ3v) is 4.05. The van der Waals surface area contributed by atoms with Crippen molar-refractivity contribution in [2.45, 2.75) is 39.0 Å². The molecule has 1 fully saturated rings. The Kier molecular flexibility index (Phi) is 6.51. The SMILES string of the molecule is CC(C)C(NC(=S)OCc1ccc[nH]1)C(=O)NC1CCNC(=O)C1=O. The molecule has 1 saturated heterocycles. The summed E-state index contributed by atoms with van der Waals surface area (Å²) in [6.07, 6.45) is 2.14. The summed E-state index contributed by atoms with van der Waals surface area (Å²) in [5.74, 6) is -1.79. The second-order valence-corrected chi connectivity index (χ2v) is 6.48. The van der Waals surface area contributed by atoms with Crippen molar-refractivity contribution in [3.63, 3.8) is 0 Å². The van der Waals surface area contributed by atoms with Gasteiger partial charge in [0, 0.05) is 12.7 Å². The topological polar surface area (TPSA) is 112 Å². The van der Waals surface area contributed by atoms with E-state index in [-0.39, 0.29) is 17.7 Å². The molecule has 0 aromatic carbocycles. The average Bonchev–Trinajstić information content (AvgIpc) is 3.08. The summed E-state index contributed by atoms with van der Waals surface area (Å²) in [7, 11) is 0. The van der Waals surface area contributed by atoms with Gasteiger partial charge in [-0.05, 0) is 36.7 Å². The first-order valence-corrected chi connectivity index (χ1v) is 8.47. The Morgan fingerprint density at radius 3 is 2.84 bits per heavy atom. The van der Waals surface area contributed by atoms with Crippen LogP contribution in [0, 0.1) is 5.92 Å². The van der Waals surface area contributed by atoms with Crippen molar-refractivity contribution < 1.29 is 19.1 Å². The molecule has 2 atom stereocenters. The van der Waals surface area contributed by atoms with Gasteiger partial charge in [-0.15, -0.1) is 0 Å². The van der Waals surface area contributed by atoms with E-state index in [0.29, 0.717) is 13.0 Å². The normalized spacial score (nSPS) is 18.4. The number of hydrogen-bond acceptors (Lipinski definition) is 5. The first-order chi connectivity index (χ1) is 11.9. The van der Waals surface area contributed by atoms with Gasteiger partial charge in [0.15, 0.2) is 0 Å². The maximum atomic E-state index is 12.5. The molecule has 0 saturated carbocycles. The average molecular weight is 366 g/mol. The lowest BCUT2D eigenvalue weighted by Gasteiger charge is -2.27. The number of H-pyrrole nitrogens is 1. The molecule has 2 heterocycles. The Labute approximate surface area is 151 Å². The molecule has 136 valence electrons. The summed E-state index contributed by atoms with van der Waals surface area (Å²) in [5, 5.41) is 8.03. The number of aromatic amines is 1. The molecular formula is C16H22N4O4S. The lowest BCUT2D eigenvalue weighted by Crippen LogP contribution is -2.58. The number of aromatic nitrogens is 1. The van der Waals surface area contributed by atoms with Gasteiger partial charge in [-0.1, -0.05) is 13.8 Å². The highest BCUT2D eigenvalue weighted by molar-refractivity contribution is 7.80. The van der Waals surface area contributed by atoms with Crippen LogP contribution < -0.4 is 16.0 Å². The van der Waals surface area contributed by atoms with Gasteiger partial charge in [0.1, 0.15) is 12.6 Å². The van der Waals surface area contributed by atoms with Crippen LogP contribution in [0.15, 0.2) is 18.3 Å². The van der Waals surface area contributed by atoms with Gasteiger partial charge in [-0.25, -0.2) is 0 Å². The fourth-order valence-electron chi connectivity index (χ4n) is 2.41. The number of thiocarbonyl (C=S) groups is 1. The van der Waals surface area contributed by atoms with E-state index in [1.165, 1.54) is 0 Å². The minimum Gasteiger partial charge on any atom is -0.465 e. The van der Waals surface area contributed by atoms with Gasteiger partial charge in [-0.2, -0.15) is 0 Å². The van der Waals surface area contributed by atoms with Crippen LogP contribution in [-0.2, 0) is 25.7 Å². The summed E-state index contributed by atoms with van der Waals surface area (Å²) >= 11 is 5.13. The lowest BCUT2D eigenvalue weighted by molar-refractivity contribution is -0.142. The Morgan fingerprint density at radius 2 is 2.20 bits per heavy atom. The van der Waals surface area contributed by atoms with Crippen LogP contribution in [0.4, 0.5) is 0 Å². The van der Waals surface area contributed by atoms with E-state index in [2.05, 4.69) is 20.9 Å². The summed E-state index contributed by atoms with van der Waals surface area (Å²) in [4.78, 5) is 38.7. The van der Waals surface area contributed by atoms with Gasteiger partial charge in [0.2, 0.25) is 11.7 Å². The molecule has 1 aliphatic rings. The van der Waals surface area contributed by atoms with Crippen LogP contribution in [0.2, 0.25) is 0 Å². The summed E-state index contributed by atoms with van der Waals surface area (Å²) in [5.41, 5.74) is 0.855. The van der Waals surface area contributed by atoms with Crippen LogP contribution >= 0.6 is 12.2 Å². The standard InChI is InChI=1S/C16H22N4O4S/c1-9(2)12(20-16(25)24-8-10-4-3-6-17-10)14(22)19-11-5-7-18-15(23)13(11)21/h3-4,6,9,11-12,17H,5,7-8H2,1-2H3,(H,18,23)(H,19,22)(H,20,25). The van der Waals surface area contributed by atoms with E-state index in [9.17, 15) is 14.4 Å². The predicted octanol–water partition coefficient (Wildman–Crippen LogP) is 0.00420. The number of nitrogens with one attached hydrogen (secondary N) is 4. The van der Waals surface area contributed by atoms with E-state index < -0.39 is 29.7 Å². The number of rotatable bonds is 6. The van der Waals surface area contributed by atoms with Crippen LogP contribution in [0.1, 0.15) is 26.0 Å². The fraction of sp³-hybridized carbons (Fsp3) is 0.500. The minimum absolute atomic E-state index is 0.0937. The molecule has 0 bridgehead atoms. The van der Waals surface area contributed by atoms with Gasteiger partial charge in [0.05, 0.1) is 11.7 Å².